The molecule has 0 spiro atoms. The molecule has 0 fully saturated rings. The van der Waals surface area contributed by atoms with Crippen molar-refractivity contribution in [2.45, 2.75) is 0 Å². The number of aromatic nitrogens is 2. The Labute approximate surface area is 259 Å². The Bertz CT molecular complexity index is 2630. The van der Waals surface area contributed by atoms with Gasteiger partial charge in [-0.1, -0.05) is 127 Å². The van der Waals surface area contributed by atoms with Gasteiger partial charge in [-0.25, -0.2) is 9.97 Å². The van der Waals surface area contributed by atoms with E-state index in [2.05, 4.69) is 127 Å². The molecule has 0 saturated heterocycles. The number of fused-ring (bicyclic) bond motifs is 8. The van der Waals surface area contributed by atoms with Gasteiger partial charge in [0.1, 0.15) is 11.2 Å². The van der Waals surface area contributed by atoms with Crippen LogP contribution in [0.25, 0.3) is 99.6 Å². The lowest BCUT2D eigenvalue weighted by atomic mass is 9.94. The average molecular weight is 573 g/mol. The zero-order valence-electron chi connectivity index (χ0n) is 24.2. The van der Waals surface area contributed by atoms with Gasteiger partial charge in [0.15, 0.2) is 5.82 Å². The van der Waals surface area contributed by atoms with E-state index in [1.807, 2.05) is 18.2 Å². The van der Waals surface area contributed by atoms with Crippen LogP contribution in [0.1, 0.15) is 0 Å². The van der Waals surface area contributed by atoms with Gasteiger partial charge in [0.2, 0.25) is 0 Å². The third kappa shape index (κ3) is 3.52. The van der Waals surface area contributed by atoms with Crippen molar-refractivity contribution in [3.8, 4) is 56.0 Å². The van der Waals surface area contributed by atoms with E-state index in [1.54, 1.807) is 0 Å². The Morgan fingerprint density at radius 2 is 1.11 bits per heavy atom. The highest BCUT2D eigenvalue weighted by molar-refractivity contribution is 6.25. The van der Waals surface area contributed by atoms with Crippen LogP contribution >= 0.6 is 0 Å². The van der Waals surface area contributed by atoms with Gasteiger partial charge in [0, 0.05) is 38.4 Å². The second kappa shape index (κ2) is 9.22. The molecular weight excluding hydrogens is 548 g/mol. The van der Waals surface area contributed by atoms with E-state index in [0.717, 1.165) is 60.8 Å². The molecule has 3 nitrogen and oxygen atoms in total. The molecule has 0 radical (unpaired) electrons. The summed E-state index contributed by atoms with van der Waals surface area (Å²) in [7, 11) is 0. The molecule has 45 heavy (non-hydrogen) atoms. The van der Waals surface area contributed by atoms with E-state index in [-0.39, 0.29) is 0 Å². The van der Waals surface area contributed by atoms with Gasteiger partial charge in [0.05, 0.1) is 11.2 Å². The summed E-state index contributed by atoms with van der Waals surface area (Å²) in [4.78, 5) is 10.6. The highest BCUT2D eigenvalue weighted by atomic mass is 16.3. The standard InChI is InChI=1S/C42H24N2O/c1-2-10-25(11-3-1)26-20-22-28(23-21-26)40-30-15-4-6-18-35(30)43-42(44-40)34-24-33-29-14-5-7-19-36(29)45-41(33)39-32-17-9-13-27-12-8-16-31(37(27)32)38(34)39/h1-24H. The van der Waals surface area contributed by atoms with Crippen LogP contribution in [0.2, 0.25) is 0 Å². The maximum absolute atomic E-state index is 6.62. The summed E-state index contributed by atoms with van der Waals surface area (Å²) in [6, 6.07) is 51.1. The maximum atomic E-state index is 6.62. The minimum atomic E-state index is 0.712. The largest absolute Gasteiger partial charge is 0.455 e. The summed E-state index contributed by atoms with van der Waals surface area (Å²) in [6.45, 7) is 0. The zero-order valence-corrected chi connectivity index (χ0v) is 24.2. The zero-order chi connectivity index (χ0) is 29.5. The van der Waals surface area contributed by atoms with Crippen molar-refractivity contribution in [3.63, 3.8) is 0 Å². The molecule has 7 aromatic carbocycles. The molecule has 208 valence electrons. The van der Waals surface area contributed by atoms with E-state index in [1.165, 1.54) is 33.0 Å². The topological polar surface area (TPSA) is 38.9 Å². The summed E-state index contributed by atoms with van der Waals surface area (Å²) in [5, 5.41) is 5.68. The molecule has 0 atom stereocenters. The Kier molecular flexibility index (Phi) is 5.00. The number of hydrogen-bond donors (Lipinski definition) is 0. The smallest absolute Gasteiger partial charge is 0.161 e. The van der Waals surface area contributed by atoms with E-state index in [9.17, 15) is 0 Å². The molecule has 0 bridgehead atoms. The first kappa shape index (κ1) is 24.4. The van der Waals surface area contributed by atoms with Gasteiger partial charge in [-0.05, 0) is 51.2 Å². The quantitative estimate of drug-likeness (QED) is 0.211. The van der Waals surface area contributed by atoms with Crippen molar-refractivity contribution < 1.29 is 4.42 Å². The summed E-state index contributed by atoms with van der Waals surface area (Å²) in [5.41, 5.74) is 12.7. The van der Waals surface area contributed by atoms with Gasteiger partial charge in [-0.3, -0.25) is 0 Å². The van der Waals surface area contributed by atoms with Crippen molar-refractivity contribution in [3.05, 3.63) is 146 Å². The summed E-state index contributed by atoms with van der Waals surface area (Å²) in [5.74, 6) is 0.712. The second-order valence-electron chi connectivity index (χ2n) is 11.7. The molecule has 1 aliphatic carbocycles. The summed E-state index contributed by atoms with van der Waals surface area (Å²) in [6.07, 6.45) is 0. The molecule has 0 unspecified atom stereocenters. The van der Waals surface area contributed by atoms with Gasteiger partial charge in [-0.15, -0.1) is 0 Å². The van der Waals surface area contributed by atoms with Crippen molar-refractivity contribution in [1.82, 2.24) is 9.97 Å². The fourth-order valence-corrected chi connectivity index (χ4v) is 7.20. The SMILES string of the molecule is c1ccc(-c2ccc(-c3nc(-c4cc5c(oc6ccccc65)c5c4-c4cccc6cccc-5c46)nc4ccccc34)cc2)cc1. The lowest BCUT2D eigenvalue weighted by Crippen LogP contribution is -1.97. The van der Waals surface area contributed by atoms with E-state index in [0.29, 0.717) is 5.82 Å². The molecule has 2 aromatic heterocycles. The molecule has 0 saturated carbocycles. The monoisotopic (exact) mass is 572 g/mol. The first-order valence-corrected chi connectivity index (χ1v) is 15.3. The van der Waals surface area contributed by atoms with Crippen LogP contribution in [0.5, 0.6) is 0 Å². The van der Waals surface area contributed by atoms with Crippen LogP contribution in [0.4, 0.5) is 0 Å². The van der Waals surface area contributed by atoms with Crippen LogP contribution in [0, 0.1) is 0 Å². The number of benzene rings is 7. The average Bonchev–Trinajstić information content (AvgIpc) is 3.65. The molecule has 0 amide bonds. The number of nitrogens with zero attached hydrogens (tertiary/aromatic N) is 2. The van der Waals surface area contributed by atoms with Crippen LogP contribution in [0.15, 0.2) is 150 Å². The van der Waals surface area contributed by atoms with E-state index >= 15 is 0 Å². The third-order valence-corrected chi connectivity index (χ3v) is 9.22. The highest BCUT2D eigenvalue weighted by Crippen LogP contribution is 2.55. The second-order valence-corrected chi connectivity index (χ2v) is 11.7. The Morgan fingerprint density at radius 1 is 0.444 bits per heavy atom. The van der Waals surface area contributed by atoms with Crippen molar-refractivity contribution in [2.75, 3.05) is 0 Å². The van der Waals surface area contributed by atoms with Crippen molar-refractivity contribution >= 4 is 43.6 Å². The van der Waals surface area contributed by atoms with Crippen molar-refractivity contribution in [1.29, 1.82) is 0 Å². The van der Waals surface area contributed by atoms with Crippen molar-refractivity contribution in [2.24, 2.45) is 0 Å². The fourth-order valence-electron chi connectivity index (χ4n) is 7.20. The van der Waals surface area contributed by atoms with Gasteiger partial charge >= 0.3 is 0 Å². The maximum Gasteiger partial charge on any atom is 0.161 e. The predicted octanol–water partition coefficient (Wildman–Crippen LogP) is 11.3. The van der Waals surface area contributed by atoms with Gasteiger partial charge in [-0.2, -0.15) is 0 Å². The minimum absolute atomic E-state index is 0.712. The molecule has 9 aromatic rings. The molecule has 0 aliphatic heterocycles. The summed E-state index contributed by atoms with van der Waals surface area (Å²) >= 11 is 0. The lowest BCUT2D eigenvalue weighted by molar-refractivity contribution is 0.670. The van der Waals surface area contributed by atoms with Crippen LogP contribution in [-0.2, 0) is 0 Å². The van der Waals surface area contributed by atoms with E-state index < -0.39 is 0 Å². The number of hydrogen-bond acceptors (Lipinski definition) is 3. The van der Waals surface area contributed by atoms with Crippen LogP contribution < -0.4 is 0 Å². The molecule has 1 aliphatic rings. The number of para-hydroxylation sites is 2. The fraction of sp³-hybridized carbons (Fsp3) is 0. The number of furan rings is 1. The van der Waals surface area contributed by atoms with Crippen LogP contribution in [-0.4, -0.2) is 9.97 Å². The normalized spacial score (nSPS) is 12.0. The van der Waals surface area contributed by atoms with E-state index in [4.69, 9.17) is 14.4 Å². The molecule has 0 N–H and O–H groups in total. The Morgan fingerprint density at radius 3 is 1.93 bits per heavy atom. The summed E-state index contributed by atoms with van der Waals surface area (Å²) < 4.78 is 6.62. The Balaban J connectivity index is 1.28. The lowest BCUT2D eigenvalue weighted by Gasteiger charge is -2.14. The first-order chi connectivity index (χ1) is 22.3. The first-order valence-electron chi connectivity index (χ1n) is 15.3. The molecule has 2 heterocycles. The Hall–Kier alpha value is -6.06. The predicted molar refractivity (Wildman–Crippen MR) is 185 cm³/mol. The minimum Gasteiger partial charge on any atom is -0.455 e. The van der Waals surface area contributed by atoms with Gasteiger partial charge in [0.25, 0.3) is 0 Å². The van der Waals surface area contributed by atoms with Crippen LogP contribution in [0.3, 0.4) is 0 Å². The highest BCUT2D eigenvalue weighted by Gasteiger charge is 2.30. The molecule has 3 heteroatoms. The number of rotatable bonds is 3. The molecular formula is C42H24N2O. The third-order valence-electron chi connectivity index (χ3n) is 9.22. The molecule has 10 rings (SSSR count). The van der Waals surface area contributed by atoms with Gasteiger partial charge < -0.3 is 4.42 Å².